The van der Waals surface area contributed by atoms with E-state index >= 15 is 0 Å². The summed E-state index contributed by atoms with van der Waals surface area (Å²) in [6.07, 6.45) is 0. The zero-order chi connectivity index (χ0) is 45.7. The molecule has 2 aromatic heterocycles. The highest BCUT2D eigenvalue weighted by Crippen LogP contribution is 2.46. The Bertz CT molecular complexity index is 3970. The van der Waals surface area contributed by atoms with Gasteiger partial charge in [0, 0.05) is 49.6 Å². The summed E-state index contributed by atoms with van der Waals surface area (Å²) in [6, 6.07) is 92.7. The molecule has 2 heterocycles. The summed E-state index contributed by atoms with van der Waals surface area (Å²) in [5.74, 6) is 0. The number of fused-ring (bicyclic) bond motifs is 6. The van der Waals surface area contributed by atoms with E-state index in [-0.39, 0.29) is 0 Å². The SMILES string of the molecule is c1ccc(-c2ccc(-c3ccc(N(c4ccc(-c5cccc6c5oc5c(-c7ccccc7)cccc56)cc4)c4cccc5c4oc4c(-c6ccccc6)cccc45)cc3)cc2-c2ccccc2)cc1. The topological polar surface area (TPSA) is 29.5 Å². The fourth-order valence-electron chi connectivity index (χ4n) is 10.2. The molecule has 13 aromatic rings. The highest BCUT2D eigenvalue weighted by molar-refractivity contribution is 6.15. The zero-order valence-corrected chi connectivity index (χ0v) is 37.6. The molecule has 0 unspecified atom stereocenters. The van der Waals surface area contributed by atoms with Gasteiger partial charge in [-0.25, -0.2) is 0 Å². The van der Waals surface area contributed by atoms with Gasteiger partial charge in [-0.15, -0.1) is 0 Å². The standard InChI is InChI=1S/C66H43NO2/c1-5-17-45(18-6-1)53-42-37-50(43-61(53)48-23-11-4-12-24-48)44-33-38-51(39-34-44)67(62-32-16-31-60-59-30-14-26-55(65(59)69-66(60)62)47-21-9-3-10-22-47)52-40-35-49(36-41-52)56-27-15-29-58-57-28-13-25-54(63(57)68-64(56)58)46-19-7-2-8-20-46/h1-43H. The molecule has 0 aliphatic heterocycles. The normalized spacial score (nSPS) is 11.5. The van der Waals surface area contributed by atoms with Crippen LogP contribution in [0.3, 0.4) is 0 Å². The molecule has 0 fully saturated rings. The van der Waals surface area contributed by atoms with E-state index < -0.39 is 0 Å². The monoisotopic (exact) mass is 881 g/mol. The van der Waals surface area contributed by atoms with Crippen LogP contribution >= 0.6 is 0 Å². The molecule has 13 rings (SSSR count). The number of hydrogen-bond donors (Lipinski definition) is 0. The fourth-order valence-corrected chi connectivity index (χ4v) is 10.2. The first-order valence-electron chi connectivity index (χ1n) is 23.5. The molecule has 324 valence electrons. The Kier molecular flexibility index (Phi) is 9.84. The Morgan fingerprint density at radius 1 is 0.217 bits per heavy atom. The predicted octanol–water partition coefficient (Wildman–Crippen LogP) is 19.0. The maximum atomic E-state index is 7.05. The number of rotatable bonds is 9. The van der Waals surface area contributed by atoms with Gasteiger partial charge in [-0.1, -0.05) is 224 Å². The molecule has 0 radical (unpaired) electrons. The summed E-state index contributed by atoms with van der Waals surface area (Å²) in [5, 5.41) is 4.36. The van der Waals surface area contributed by atoms with Crippen LogP contribution in [0.2, 0.25) is 0 Å². The van der Waals surface area contributed by atoms with Crippen LogP contribution in [0.1, 0.15) is 0 Å². The van der Waals surface area contributed by atoms with Crippen molar-refractivity contribution in [2.45, 2.75) is 0 Å². The van der Waals surface area contributed by atoms with Crippen LogP contribution in [0.15, 0.2) is 270 Å². The largest absolute Gasteiger partial charge is 0.455 e. The summed E-state index contributed by atoms with van der Waals surface area (Å²) in [7, 11) is 0. The highest BCUT2D eigenvalue weighted by Gasteiger charge is 2.22. The maximum Gasteiger partial charge on any atom is 0.159 e. The molecule has 0 aliphatic carbocycles. The van der Waals surface area contributed by atoms with Crippen molar-refractivity contribution in [3.05, 3.63) is 261 Å². The van der Waals surface area contributed by atoms with Gasteiger partial charge in [-0.2, -0.15) is 0 Å². The molecule has 0 N–H and O–H groups in total. The van der Waals surface area contributed by atoms with Gasteiger partial charge in [0.05, 0.1) is 5.69 Å². The van der Waals surface area contributed by atoms with Gasteiger partial charge < -0.3 is 13.7 Å². The summed E-state index contributed by atoms with van der Waals surface area (Å²) < 4.78 is 13.9. The van der Waals surface area contributed by atoms with E-state index in [0.717, 1.165) is 105 Å². The van der Waals surface area contributed by atoms with Crippen LogP contribution in [-0.2, 0) is 0 Å². The van der Waals surface area contributed by atoms with Crippen molar-refractivity contribution in [1.29, 1.82) is 0 Å². The smallest absolute Gasteiger partial charge is 0.159 e. The third kappa shape index (κ3) is 7.08. The molecule has 0 aliphatic rings. The Morgan fingerprint density at radius 3 is 1.03 bits per heavy atom. The van der Waals surface area contributed by atoms with Crippen LogP contribution in [0.4, 0.5) is 17.1 Å². The number of nitrogens with zero attached hydrogens (tertiary/aromatic N) is 1. The molecule has 0 saturated carbocycles. The van der Waals surface area contributed by atoms with Gasteiger partial charge in [0.2, 0.25) is 0 Å². The molecule has 69 heavy (non-hydrogen) atoms. The van der Waals surface area contributed by atoms with Crippen molar-refractivity contribution in [3.63, 3.8) is 0 Å². The maximum absolute atomic E-state index is 7.05. The Balaban J connectivity index is 0.942. The molecular formula is C66H43NO2. The van der Waals surface area contributed by atoms with E-state index in [2.05, 4.69) is 260 Å². The van der Waals surface area contributed by atoms with Gasteiger partial charge >= 0.3 is 0 Å². The average Bonchev–Trinajstić information content (AvgIpc) is 4.02. The van der Waals surface area contributed by atoms with Crippen molar-refractivity contribution in [2.75, 3.05) is 4.90 Å². The van der Waals surface area contributed by atoms with Gasteiger partial charge in [0.15, 0.2) is 5.58 Å². The molecular weight excluding hydrogens is 839 g/mol. The second kappa shape index (κ2) is 16.9. The number of benzene rings is 11. The molecule has 3 nitrogen and oxygen atoms in total. The molecule has 11 aromatic carbocycles. The van der Waals surface area contributed by atoms with Crippen LogP contribution in [-0.4, -0.2) is 0 Å². The van der Waals surface area contributed by atoms with E-state index in [1.54, 1.807) is 0 Å². The summed E-state index contributed by atoms with van der Waals surface area (Å²) in [6.45, 7) is 0. The first kappa shape index (κ1) is 40.1. The molecule has 3 heteroatoms. The molecule has 0 saturated heterocycles. The molecule has 0 amide bonds. The quantitative estimate of drug-likeness (QED) is 0.145. The second-order valence-corrected chi connectivity index (χ2v) is 17.6. The van der Waals surface area contributed by atoms with Crippen LogP contribution < -0.4 is 4.90 Å². The number of anilines is 3. The lowest BCUT2D eigenvalue weighted by atomic mass is 9.91. The first-order chi connectivity index (χ1) is 34.2. The number of furan rings is 2. The van der Waals surface area contributed by atoms with Crippen molar-refractivity contribution >= 4 is 60.9 Å². The summed E-state index contributed by atoms with van der Waals surface area (Å²) >= 11 is 0. The minimum atomic E-state index is 0.828. The third-order valence-electron chi connectivity index (χ3n) is 13.5. The summed E-state index contributed by atoms with van der Waals surface area (Å²) in [5.41, 5.74) is 20.1. The second-order valence-electron chi connectivity index (χ2n) is 17.6. The zero-order valence-electron chi connectivity index (χ0n) is 37.6. The predicted molar refractivity (Wildman–Crippen MR) is 288 cm³/mol. The van der Waals surface area contributed by atoms with Gasteiger partial charge in [-0.3, -0.25) is 0 Å². The molecule has 0 atom stereocenters. The Morgan fingerprint density at radius 2 is 0.565 bits per heavy atom. The van der Waals surface area contributed by atoms with Crippen molar-refractivity contribution in [2.24, 2.45) is 0 Å². The van der Waals surface area contributed by atoms with Crippen molar-refractivity contribution < 1.29 is 8.83 Å². The third-order valence-corrected chi connectivity index (χ3v) is 13.5. The lowest BCUT2D eigenvalue weighted by Crippen LogP contribution is -2.10. The summed E-state index contributed by atoms with van der Waals surface area (Å²) in [4.78, 5) is 2.32. The minimum absolute atomic E-state index is 0.828. The van der Waals surface area contributed by atoms with E-state index in [9.17, 15) is 0 Å². The fraction of sp³-hybridized carbons (Fsp3) is 0. The van der Waals surface area contributed by atoms with Gasteiger partial charge in [-0.05, 0) is 86.5 Å². The lowest BCUT2D eigenvalue weighted by molar-refractivity contribution is 0.670. The van der Waals surface area contributed by atoms with Crippen LogP contribution in [0, 0.1) is 0 Å². The first-order valence-corrected chi connectivity index (χ1v) is 23.5. The Hall–Kier alpha value is -9.18. The van der Waals surface area contributed by atoms with Gasteiger partial charge in [0.1, 0.15) is 16.7 Å². The lowest BCUT2D eigenvalue weighted by Gasteiger charge is -2.26. The number of para-hydroxylation sites is 4. The van der Waals surface area contributed by atoms with Crippen molar-refractivity contribution in [3.8, 4) is 66.8 Å². The van der Waals surface area contributed by atoms with Crippen molar-refractivity contribution in [1.82, 2.24) is 0 Å². The Labute approximate surface area is 400 Å². The van der Waals surface area contributed by atoms with Gasteiger partial charge in [0.25, 0.3) is 0 Å². The van der Waals surface area contributed by atoms with E-state index in [0.29, 0.717) is 0 Å². The van der Waals surface area contributed by atoms with E-state index in [1.165, 1.54) is 22.3 Å². The molecule has 0 bridgehead atoms. The average molecular weight is 882 g/mol. The number of hydrogen-bond acceptors (Lipinski definition) is 3. The minimum Gasteiger partial charge on any atom is -0.455 e. The van der Waals surface area contributed by atoms with E-state index in [1.807, 2.05) is 6.07 Å². The van der Waals surface area contributed by atoms with E-state index in [4.69, 9.17) is 8.83 Å². The van der Waals surface area contributed by atoms with Crippen LogP contribution in [0.5, 0.6) is 0 Å². The van der Waals surface area contributed by atoms with Crippen LogP contribution in [0.25, 0.3) is 111 Å². The molecule has 0 spiro atoms. The highest BCUT2D eigenvalue weighted by atomic mass is 16.3.